The van der Waals surface area contributed by atoms with Crippen LogP contribution >= 0.6 is 12.2 Å². The lowest BCUT2D eigenvalue weighted by molar-refractivity contribution is -0.114. The number of fused-ring (bicyclic) bond motifs is 1. The minimum absolute atomic E-state index is 0.172. The Hall–Kier alpha value is -2.67. The zero-order chi connectivity index (χ0) is 17.4. The molecule has 24 heavy (non-hydrogen) atoms. The van der Waals surface area contributed by atoms with E-state index < -0.39 is 0 Å². The van der Waals surface area contributed by atoms with Gasteiger partial charge in [0.2, 0.25) is 0 Å². The molecule has 0 aliphatic carbocycles. The van der Waals surface area contributed by atoms with Gasteiger partial charge in [-0.15, -0.1) is 0 Å². The van der Waals surface area contributed by atoms with Gasteiger partial charge in [0.15, 0.2) is 0 Å². The van der Waals surface area contributed by atoms with E-state index in [-0.39, 0.29) is 11.6 Å². The van der Waals surface area contributed by atoms with E-state index in [1.165, 1.54) is 15.2 Å². The lowest BCUT2D eigenvalue weighted by atomic mass is 10.2. The molecule has 6 nitrogen and oxygen atoms in total. The Bertz CT molecular complexity index is 944. The number of amides is 1. The van der Waals surface area contributed by atoms with Gasteiger partial charge >= 0.3 is 5.69 Å². The summed E-state index contributed by atoms with van der Waals surface area (Å²) in [6, 6.07) is 9.61. The lowest BCUT2D eigenvalue weighted by Gasteiger charge is -2.15. The summed E-state index contributed by atoms with van der Waals surface area (Å²) in [5.41, 5.74) is 1.34. The number of carbonyl (C=O) groups is 1. The molecule has 0 bridgehead atoms. The average molecular weight is 342 g/mol. The Kier molecular flexibility index (Phi) is 4.11. The van der Waals surface area contributed by atoms with E-state index in [9.17, 15) is 9.59 Å². The van der Waals surface area contributed by atoms with Gasteiger partial charge in [0.25, 0.3) is 5.91 Å². The van der Waals surface area contributed by atoms with Crippen LogP contribution in [0.4, 0.5) is 11.5 Å². The first-order chi connectivity index (χ1) is 11.4. The molecule has 1 aliphatic heterocycles. The van der Waals surface area contributed by atoms with Gasteiger partial charge < -0.3 is 4.90 Å². The van der Waals surface area contributed by atoms with Gasteiger partial charge in [0.05, 0.1) is 6.67 Å². The number of nitrogens with zero attached hydrogens (tertiary/aromatic N) is 4. The number of aromatic nitrogens is 2. The van der Waals surface area contributed by atoms with Crippen molar-refractivity contribution in [3.63, 3.8) is 0 Å². The van der Waals surface area contributed by atoms with Crippen LogP contribution in [-0.4, -0.2) is 28.8 Å². The smallest absolute Gasteiger partial charge is 0.330 e. The number of carbonyl (C=O) groups excluding carboxylic acids is 1. The van der Waals surface area contributed by atoms with E-state index >= 15 is 0 Å². The first-order valence-electron chi connectivity index (χ1n) is 7.47. The van der Waals surface area contributed by atoms with Crippen molar-refractivity contribution >= 4 is 35.7 Å². The predicted octanol–water partition coefficient (Wildman–Crippen LogP) is 1.91. The standard InChI is InChI=1S/C17H18N4O2S/c1-18-11-21(13(22)10-9-12-7-5-4-6-8-12)14-15(18)19(2)17(23)20(3)16(14)24/h4-10H,11H2,1-3H3/b10-9+. The van der Waals surface area contributed by atoms with Gasteiger partial charge in [0.1, 0.15) is 16.1 Å². The van der Waals surface area contributed by atoms with Gasteiger partial charge in [-0.2, -0.15) is 0 Å². The molecule has 1 amide bonds. The highest BCUT2D eigenvalue weighted by atomic mass is 32.1. The van der Waals surface area contributed by atoms with Crippen LogP contribution in [-0.2, 0) is 18.9 Å². The van der Waals surface area contributed by atoms with Crippen LogP contribution in [0, 0.1) is 4.64 Å². The number of anilines is 2. The van der Waals surface area contributed by atoms with Crippen molar-refractivity contribution in [3.05, 3.63) is 57.1 Å². The van der Waals surface area contributed by atoms with Crippen LogP contribution in [0.2, 0.25) is 0 Å². The molecule has 1 aromatic carbocycles. The quantitative estimate of drug-likeness (QED) is 0.618. The molecule has 1 aliphatic rings. The Labute approximate surface area is 144 Å². The van der Waals surface area contributed by atoms with Crippen LogP contribution in [0.1, 0.15) is 5.56 Å². The molecule has 0 N–H and O–H groups in total. The molecule has 0 fully saturated rings. The fraction of sp³-hybridized carbons (Fsp3) is 0.235. The van der Waals surface area contributed by atoms with E-state index in [1.807, 2.05) is 42.3 Å². The van der Waals surface area contributed by atoms with Crippen LogP contribution in [0.3, 0.4) is 0 Å². The summed E-state index contributed by atoms with van der Waals surface area (Å²) in [7, 11) is 5.13. The maximum Gasteiger partial charge on any atom is 0.330 e. The molecule has 2 aromatic rings. The third-order valence-corrected chi connectivity index (χ3v) is 4.55. The average Bonchev–Trinajstić information content (AvgIpc) is 2.94. The number of hydrogen-bond donors (Lipinski definition) is 0. The van der Waals surface area contributed by atoms with Gasteiger partial charge in [-0.25, -0.2) is 4.79 Å². The van der Waals surface area contributed by atoms with E-state index in [0.29, 0.717) is 22.8 Å². The minimum Gasteiger partial charge on any atom is -0.341 e. The van der Waals surface area contributed by atoms with Crippen molar-refractivity contribution in [2.24, 2.45) is 14.1 Å². The first-order valence-corrected chi connectivity index (χ1v) is 7.88. The van der Waals surface area contributed by atoms with Crippen LogP contribution in [0.15, 0.2) is 41.2 Å². The van der Waals surface area contributed by atoms with Crippen molar-refractivity contribution in [2.75, 3.05) is 23.5 Å². The van der Waals surface area contributed by atoms with Crippen LogP contribution < -0.4 is 15.5 Å². The lowest BCUT2D eigenvalue weighted by Crippen LogP contribution is -2.32. The maximum absolute atomic E-state index is 12.7. The number of rotatable bonds is 2. The molecule has 0 atom stereocenters. The zero-order valence-corrected chi connectivity index (χ0v) is 14.6. The van der Waals surface area contributed by atoms with Crippen molar-refractivity contribution in [1.29, 1.82) is 0 Å². The predicted molar refractivity (Wildman–Crippen MR) is 97.7 cm³/mol. The summed E-state index contributed by atoms with van der Waals surface area (Å²) < 4.78 is 3.26. The van der Waals surface area contributed by atoms with E-state index in [0.717, 1.165) is 5.56 Å². The largest absolute Gasteiger partial charge is 0.341 e. The Morgan fingerprint density at radius 1 is 1.12 bits per heavy atom. The zero-order valence-electron chi connectivity index (χ0n) is 13.8. The van der Waals surface area contributed by atoms with Crippen LogP contribution in [0.5, 0.6) is 0 Å². The van der Waals surface area contributed by atoms with Gasteiger partial charge in [-0.05, 0) is 11.6 Å². The third kappa shape index (κ3) is 2.56. The number of benzene rings is 1. The summed E-state index contributed by atoms with van der Waals surface area (Å²) in [6.07, 6.45) is 3.30. The highest BCUT2D eigenvalue weighted by Crippen LogP contribution is 2.34. The fourth-order valence-corrected chi connectivity index (χ4v) is 3.12. The Morgan fingerprint density at radius 2 is 1.79 bits per heavy atom. The van der Waals surface area contributed by atoms with Crippen LogP contribution in [0.25, 0.3) is 6.08 Å². The molecule has 124 valence electrons. The van der Waals surface area contributed by atoms with E-state index in [1.54, 1.807) is 25.1 Å². The molecule has 0 saturated carbocycles. The Morgan fingerprint density at radius 3 is 2.46 bits per heavy atom. The highest BCUT2D eigenvalue weighted by molar-refractivity contribution is 7.71. The van der Waals surface area contributed by atoms with Crippen molar-refractivity contribution < 1.29 is 4.79 Å². The second-order valence-corrected chi connectivity index (χ2v) is 6.11. The summed E-state index contributed by atoms with van der Waals surface area (Å²) in [5.74, 6) is 0.485. The molecule has 2 heterocycles. The molecule has 7 heteroatoms. The Balaban J connectivity index is 2.02. The second-order valence-electron chi connectivity index (χ2n) is 5.73. The van der Waals surface area contributed by atoms with Gasteiger partial charge in [0, 0.05) is 27.2 Å². The van der Waals surface area contributed by atoms with Crippen molar-refractivity contribution in [3.8, 4) is 0 Å². The fourth-order valence-electron chi connectivity index (χ4n) is 2.84. The van der Waals surface area contributed by atoms with E-state index in [4.69, 9.17) is 12.2 Å². The molecule has 3 rings (SSSR count). The van der Waals surface area contributed by atoms with Gasteiger partial charge in [-0.1, -0.05) is 42.5 Å². The summed E-state index contributed by atoms with van der Waals surface area (Å²) in [4.78, 5) is 28.3. The topological polar surface area (TPSA) is 50.5 Å². The first kappa shape index (κ1) is 16.2. The minimum atomic E-state index is -0.209. The molecule has 0 spiro atoms. The molecule has 0 saturated heterocycles. The molecule has 0 radical (unpaired) electrons. The summed E-state index contributed by atoms with van der Waals surface area (Å²) in [5, 5.41) is 0. The SMILES string of the molecule is CN1CN(C(=O)/C=C/c2ccccc2)c2c1n(C)c(=O)n(C)c2=S. The monoisotopic (exact) mass is 342 g/mol. The summed E-state index contributed by atoms with van der Waals surface area (Å²) >= 11 is 5.40. The maximum atomic E-state index is 12.7. The van der Waals surface area contributed by atoms with E-state index in [2.05, 4.69) is 0 Å². The summed E-state index contributed by atoms with van der Waals surface area (Å²) in [6.45, 7) is 0.355. The molecule has 0 unspecified atom stereocenters. The second kappa shape index (κ2) is 6.09. The van der Waals surface area contributed by atoms with Gasteiger partial charge in [-0.3, -0.25) is 18.8 Å². The molecule has 1 aromatic heterocycles. The molecular formula is C17H18N4O2S. The third-order valence-electron chi connectivity index (χ3n) is 4.08. The van der Waals surface area contributed by atoms with Crippen molar-refractivity contribution in [2.45, 2.75) is 0 Å². The molecular weight excluding hydrogens is 324 g/mol. The number of hydrogen-bond acceptors (Lipinski definition) is 4. The van der Waals surface area contributed by atoms with Crippen molar-refractivity contribution in [1.82, 2.24) is 9.13 Å². The normalized spacial score (nSPS) is 13.6. The highest BCUT2D eigenvalue weighted by Gasteiger charge is 2.32.